The minimum atomic E-state index is -0.130. The largest absolute Gasteiger partial charge is 0.392 e. The lowest BCUT2D eigenvalue weighted by Gasteiger charge is -2.09. The van der Waals surface area contributed by atoms with Gasteiger partial charge < -0.3 is 9.67 Å². The number of pyridine rings is 1. The maximum Gasteiger partial charge on any atom is 0.259 e. The van der Waals surface area contributed by atoms with E-state index in [0.717, 1.165) is 27.5 Å². The molecule has 0 saturated heterocycles. The molecule has 0 atom stereocenters. The van der Waals surface area contributed by atoms with Crippen LogP contribution in [0.5, 0.6) is 0 Å². The molecule has 132 valence electrons. The maximum atomic E-state index is 13.0. The average molecular weight is 387 g/mol. The van der Waals surface area contributed by atoms with Crippen molar-refractivity contribution in [2.24, 2.45) is 14.1 Å². The third-order valence-electron chi connectivity index (χ3n) is 4.82. The van der Waals surface area contributed by atoms with Crippen LogP contribution in [0.2, 0.25) is 10.0 Å². The molecule has 0 aliphatic carbocycles. The van der Waals surface area contributed by atoms with Crippen molar-refractivity contribution in [3.05, 3.63) is 68.4 Å². The number of hydrogen-bond donors (Lipinski definition) is 1. The molecule has 6 heteroatoms. The molecule has 0 amide bonds. The van der Waals surface area contributed by atoms with Crippen molar-refractivity contribution in [3.63, 3.8) is 0 Å². The Morgan fingerprint density at radius 3 is 2.38 bits per heavy atom. The monoisotopic (exact) mass is 386 g/mol. The smallest absolute Gasteiger partial charge is 0.259 e. The van der Waals surface area contributed by atoms with Gasteiger partial charge in [-0.05, 0) is 35.9 Å². The number of benzene rings is 2. The molecule has 0 radical (unpaired) electrons. The van der Waals surface area contributed by atoms with Gasteiger partial charge in [0.05, 0.1) is 17.1 Å². The normalized spacial score (nSPS) is 11.6. The van der Waals surface area contributed by atoms with Crippen LogP contribution in [0.15, 0.2) is 47.3 Å². The van der Waals surface area contributed by atoms with E-state index < -0.39 is 0 Å². The van der Waals surface area contributed by atoms with E-state index in [0.29, 0.717) is 21.2 Å². The van der Waals surface area contributed by atoms with E-state index in [1.54, 1.807) is 29.8 Å². The third-order valence-corrected chi connectivity index (χ3v) is 5.36. The summed E-state index contributed by atoms with van der Waals surface area (Å²) in [6.45, 7) is -0.0338. The predicted molar refractivity (Wildman–Crippen MR) is 107 cm³/mol. The Balaban J connectivity index is 2.15. The summed E-state index contributed by atoms with van der Waals surface area (Å²) in [7, 11) is 3.68. The second kappa shape index (κ2) is 6.16. The number of aryl methyl sites for hydroxylation is 2. The Morgan fingerprint density at radius 1 is 0.923 bits per heavy atom. The molecule has 4 aromatic rings. The van der Waals surface area contributed by atoms with Crippen molar-refractivity contribution in [2.45, 2.75) is 6.61 Å². The highest BCUT2D eigenvalue weighted by Crippen LogP contribution is 2.33. The molecule has 0 saturated carbocycles. The van der Waals surface area contributed by atoms with Crippen LogP contribution in [0, 0.1) is 0 Å². The summed E-state index contributed by atoms with van der Waals surface area (Å²) in [4.78, 5) is 13.0. The summed E-state index contributed by atoms with van der Waals surface area (Å²) in [5, 5.41) is 12.3. The van der Waals surface area contributed by atoms with Crippen molar-refractivity contribution in [1.82, 2.24) is 9.13 Å². The van der Waals surface area contributed by atoms with Gasteiger partial charge in [-0.2, -0.15) is 0 Å². The standard InChI is InChI=1S/C20H16Cl2N2O2/c1-23-18-6-3-11(10-25)7-14(18)15-9-16(20(26)24(2)19(15)23)13-5-4-12(21)8-17(13)22/h3-9,25H,10H2,1-2H3. The average Bonchev–Trinajstić information content (AvgIpc) is 2.90. The molecular formula is C20H16Cl2N2O2. The zero-order chi connectivity index (χ0) is 18.6. The van der Waals surface area contributed by atoms with E-state index in [1.807, 2.05) is 35.9 Å². The van der Waals surface area contributed by atoms with Gasteiger partial charge in [0.1, 0.15) is 5.65 Å². The topological polar surface area (TPSA) is 47.2 Å². The zero-order valence-corrected chi connectivity index (χ0v) is 15.8. The number of halogens is 2. The Labute approximate surface area is 159 Å². The Bertz CT molecular complexity index is 1240. The third kappa shape index (κ3) is 2.45. The molecule has 0 unspecified atom stereocenters. The summed E-state index contributed by atoms with van der Waals surface area (Å²) in [6.07, 6.45) is 0. The van der Waals surface area contributed by atoms with Crippen LogP contribution < -0.4 is 5.56 Å². The van der Waals surface area contributed by atoms with Gasteiger partial charge in [0.2, 0.25) is 0 Å². The molecule has 0 bridgehead atoms. The van der Waals surface area contributed by atoms with Crippen molar-refractivity contribution in [1.29, 1.82) is 0 Å². The number of aliphatic hydroxyl groups excluding tert-OH is 1. The summed E-state index contributed by atoms with van der Waals surface area (Å²) < 4.78 is 3.62. The maximum absolute atomic E-state index is 13.0. The number of rotatable bonds is 2. The fourth-order valence-electron chi connectivity index (χ4n) is 3.54. The first kappa shape index (κ1) is 17.2. The fraction of sp³-hybridized carbons (Fsp3) is 0.150. The minimum absolute atomic E-state index is 0.0338. The SMILES string of the molecule is Cn1c(=O)c(-c2ccc(Cl)cc2Cl)cc2c3cc(CO)ccc3n(C)c21. The number of nitrogens with zero attached hydrogens (tertiary/aromatic N) is 2. The lowest BCUT2D eigenvalue weighted by atomic mass is 10.0. The highest BCUT2D eigenvalue weighted by Gasteiger charge is 2.17. The lowest BCUT2D eigenvalue weighted by molar-refractivity contribution is 0.282. The Hall–Kier alpha value is -2.27. The molecule has 26 heavy (non-hydrogen) atoms. The molecule has 2 heterocycles. The molecule has 4 nitrogen and oxygen atoms in total. The van der Waals surface area contributed by atoms with Crippen LogP contribution in [0.25, 0.3) is 33.1 Å². The van der Waals surface area contributed by atoms with Gasteiger partial charge in [-0.3, -0.25) is 9.36 Å². The van der Waals surface area contributed by atoms with Crippen LogP contribution in [0.3, 0.4) is 0 Å². The number of aromatic nitrogens is 2. The fourth-order valence-corrected chi connectivity index (χ4v) is 4.05. The summed E-state index contributed by atoms with van der Waals surface area (Å²) in [6, 6.07) is 12.8. The molecule has 4 rings (SSSR count). The van der Waals surface area contributed by atoms with Crippen LogP contribution in [-0.2, 0) is 20.7 Å². The second-order valence-corrected chi connectivity index (χ2v) is 7.20. The Morgan fingerprint density at radius 2 is 1.69 bits per heavy atom. The van der Waals surface area contributed by atoms with Gasteiger partial charge in [-0.1, -0.05) is 35.3 Å². The molecule has 2 aromatic carbocycles. The van der Waals surface area contributed by atoms with E-state index in [9.17, 15) is 9.90 Å². The first-order valence-corrected chi connectivity index (χ1v) is 8.85. The quantitative estimate of drug-likeness (QED) is 0.551. The van der Waals surface area contributed by atoms with Gasteiger partial charge in [-0.15, -0.1) is 0 Å². The van der Waals surface area contributed by atoms with Gasteiger partial charge >= 0.3 is 0 Å². The minimum Gasteiger partial charge on any atom is -0.392 e. The van der Waals surface area contributed by atoms with E-state index in [-0.39, 0.29) is 12.2 Å². The molecular weight excluding hydrogens is 371 g/mol. The second-order valence-electron chi connectivity index (χ2n) is 6.35. The van der Waals surface area contributed by atoms with Crippen LogP contribution in [0.1, 0.15) is 5.56 Å². The van der Waals surface area contributed by atoms with Gasteiger partial charge in [0.15, 0.2) is 0 Å². The van der Waals surface area contributed by atoms with Crippen molar-refractivity contribution in [3.8, 4) is 11.1 Å². The first-order valence-electron chi connectivity index (χ1n) is 8.09. The molecule has 0 fully saturated rings. The van der Waals surface area contributed by atoms with E-state index in [2.05, 4.69) is 0 Å². The molecule has 0 aliphatic rings. The zero-order valence-electron chi connectivity index (χ0n) is 14.3. The van der Waals surface area contributed by atoms with Crippen LogP contribution >= 0.6 is 23.2 Å². The highest BCUT2D eigenvalue weighted by molar-refractivity contribution is 6.36. The molecule has 2 aromatic heterocycles. The summed E-state index contributed by atoms with van der Waals surface area (Å²) >= 11 is 12.3. The summed E-state index contributed by atoms with van der Waals surface area (Å²) in [5.41, 5.74) is 3.66. The number of fused-ring (bicyclic) bond motifs is 3. The van der Waals surface area contributed by atoms with Gasteiger partial charge in [0, 0.05) is 41.0 Å². The van der Waals surface area contributed by atoms with Crippen molar-refractivity contribution >= 4 is 45.1 Å². The molecule has 1 N–H and O–H groups in total. The first-order chi connectivity index (χ1) is 12.4. The molecule has 0 aliphatic heterocycles. The Kier molecular flexibility index (Phi) is 4.07. The number of hydrogen-bond acceptors (Lipinski definition) is 2. The molecule has 0 spiro atoms. The highest BCUT2D eigenvalue weighted by atomic mass is 35.5. The number of aliphatic hydroxyl groups is 1. The van der Waals surface area contributed by atoms with Gasteiger partial charge in [-0.25, -0.2) is 0 Å². The van der Waals surface area contributed by atoms with E-state index in [4.69, 9.17) is 23.2 Å². The lowest BCUT2D eigenvalue weighted by Crippen LogP contribution is -2.20. The van der Waals surface area contributed by atoms with Crippen molar-refractivity contribution < 1.29 is 5.11 Å². The predicted octanol–water partition coefficient (Wildman–Crippen LogP) is 4.50. The van der Waals surface area contributed by atoms with Crippen LogP contribution in [0.4, 0.5) is 0 Å². The van der Waals surface area contributed by atoms with E-state index in [1.165, 1.54) is 0 Å². The van der Waals surface area contributed by atoms with E-state index >= 15 is 0 Å². The summed E-state index contributed by atoms with van der Waals surface area (Å²) in [5.74, 6) is 0. The van der Waals surface area contributed by atoms with Gasteiger partial charge in [0.25, 0.3) is 5.56 Å². The van der Waals surface area contributed by atoms with Crippen molar-refractivity contribution in [2.75, 3.05) is 0 Å². The van der Waals surface area contributed by atoms with Crippen LogP contribution in [-0.4, -0.2) is 14.2 Å².